The molecule has 0 aliphatic rings. The topological polar surface area (TPSA) is 26.0 Å². The molecule has 116 valence electrons. The van der Waals surface area contributed by atoms with Gasteiger partial charge in [0.2, 0.25) is 0 Å². The van der Waals surface area contributed by atoms with Crippen molar-refractivity contribution in [2.75, 3.05) is 0 Å². The first-order valence-electron chi connectivity index (χ1n) is 7.79. The molecule has 0 amide bonds. The summed E-state index contributed by atoms with van der Waals surface area (Å²) < 4.78 is 0. The molecule has 0 rings (SSSR count). The van der Waals surface area contributed by atoms with Gasteiger partial charge in [-0.2, -0.15) is 0 Å². The highest BCUT2D eigenvalue weighted by Gasteiger charge is 1.96. The summed E-state index contributed by atoms with van der Waals surface area (Å²) in [5, 5.41) is 0. The highest BCUT2D eigenvalue weighted by Crippen LogP contribution is 2.16. The Kier molecular flexibility index (Phi) is 11.0. The van der Waals surface area contributed by atoms with Gasteiger partial charge >= 0.3 is 0 Å². The minimum atomic E-state index is 0.795. The van der Waals surface area contributed by atoms with Crippen molar-refractivity contribution < 1.29 is 0 Å². The van der Waals surface area contributed by atoms with Gasteiger partial charge in [-0.1, -0.05) is 68.5 Å². The summed E-state index contributed by atoms with van der Waals surface area (Å²) in [6, 6.07) is 0. The zero-order valence-electron chi connectivity index (χ0n) is 13.8. The maximum atomic E-state index is 5.55. The van der Waals surface area contributed by atoms with E-state index in [9.17, 15) is 0 Å². The smallest absolute Gasteiger partial charge is 0.000744 e. The van der Waals surface area contributed by atoms with Crippen LogP contribution in [0.5, 0.6) is 0 Å². The van der Waals surface area contributed by atoms with Crippen molar-refractivity contribution in [3.05, 3.63) is 72.5 Å². The normalized spacial score (nSPS) is 12.7. The van der Waals surface area contributed by atoms with Gasteiger partial charge in [-0.15, -0.1) is 0 Å². The first-order chi connectivity index (χ1) is 10.0. The second-order valence-corrected chi connectivity index (χ2v) is 5.26. The predicted octanol–water partition coefficient (Wildman–Crippen LogP) is 5.99. The van der Waals surface area contributed by atoms with Crippen molar-refractivity contribution in [3.8, 4) is 0 Å². The Morgan fingerprint density at radius 2 is 1.43 bits per heavy atom. The number of allylic oxidation sites excluding steroid dienone is 9. The molecule has 0 saturated heterocycles. The van der Waals surface area contributed by atoms with Gasteiger partial charge in [-0.05, 0) is 50.7 Å². The Morgan fingerprint density at radius 3 is 1.90 bits per heavy atom. The molecule has 0 bridgehead atoms. The minimum absolute atomic E-state index is 0.795. The Balaban J connectivity index is 4.06. The maximum Gasteiger partial charge on any atom is 0.000744 e. The van der Waals surface area contributed by atoms with Crippen molar-refractivity contribution >= 4 is 0 Å². The van der Waals surface area contributed by atoms with Crippen LogP contribution in [0.4, 0.5) is 0 Å². The van der Waals surface area contributed by atoms with E-state index >= 15 is 0 Å². The molecule has 0 atom stereocenters. The van der Waals surface area contributed by atoms with Gasteiger partial charge in [0.15, 0.2) is 0 Å². The predicted molar refractivity (Wildman–Crippen MR) is 97.0 cm³/mol. The van der Waals surface area contributed by atoms with Crippen molar-refractivity contribution in [1.29, 1.82) is 0 Å². The van der Waals surface area contributed by atoms with E-state index in [1.54, 1.807) is 0 Å². The molecule has 1 heteroatoms. The van der Waals surface area contributed by atoms with Crippen LogP contribution in [0.15, 0.2) is 72.5 Å². The second kappa shape index (κ2) is 12.0. The molecule has 0 spiro atoms. The van der Waals surface area contributed by atoms with Gasteiger partial charge in [0.05, 0.1) is 0 Å². The average Bonchev–Trinajstić information content (AvgIpc) is 2.46. The van der Waals surface area contributed by atoms with E-state index in [2.05, 4.69) is 44.0 Å². The molecule has 21 heavy (non-hydrogen) atoms. The third-order valence-corrected chi connectivity index (χ3v) is 3.42. The molecule has 0 aliphatic carbocycles. The molecule has 0 aromatic heterocycles. The summed E-state index contributed by atoms with van der Waals surface area (Å²) >= 11 is 0. The van der Waals surface area contributed by atoms with Gasteiger partial charge in [0.1, 0.15) is 0 Å². The molecular formula is C20H31N. The highest BCUT2D eigenvalue weighted by molar-refractivity contribution is 5.46. The lowest BCUT2D eigenvalue weighted by Crippen LogP contribution is -1.93. The fraction of sp³-hybridized carbons (Fsp3) is 0.400. The minimum Gasteiger partial charge on any atom is -0.403 e. The van der Waals surface area contributed by atoms with E-state index in [4.69, 9.17) is 5.73 Å². The summed E-state index contributed by atoms with van der Waals surface area (Å²) in [6.07, 6.45) is 17.1. The van der Waals surface area contributed by atoms with Gasteiger partial charge in [0, 0.05) is 5.70 Å². The second-order valence-electron chi connectivity index (χ2n) is 5.26. The standard InChI is InChI=1S/C20H31N/c1-6-19(7-2)20(8-3)16-15-17(4)13-11-9-10-12-14-18(5)21/h6-8,15-16H,1,4-5,9-14,21H2,2-3H3/b16-15-,19-7+,20-8+. The van der Waals surface area contributed by atoms with Crippen LogP contribution in [0, 0.1) is 0 Å². The van der Waals surface area contributed by atoms with Crippen LogP contribution < -0.4 is 5.73 Å². The molecule has 0 aliphatic heterocycles. The third kappa shape index (κ3) is 9.73. The number of hydrogen-bond acceptors (Lipinski definition) is 1. The Hall–Kier alpha value is -1.76. The molecule has 2 N–H and O–H groups in total. The Bertz CT molecular complexity index is 433. The summed E-state index contributed by atoms with van der Waals surface area (Å²) in [4.78, 5) is 0. The first-order valence-corrected chi connectivity index (χ1v) is 7.79. The van der Waals surface area contributed by atoms with E-state index in [-0.39, 0.29) is 0 Å². The molecule has 1 nitrogen and oxygen atoms in total. The maximum absolute atomic E-state index is 5.55. The van der Waals surface area contributed by atoms with Crippen LogP contribution in [0.3, 0.4) is 0 Å². The number of unbranched alkanes of at least 4 members (excludes halogenated alkanes) is 3. The van der Waals surface area contributed by atoms with Gasteiger partial charge < -0.3 is 5.73 Å². The fourth-order valence-electron chi connectivity index (χ4n) is 2.11. The van der Waals surface area contributed by atoms with Crippen LogP contribution in [0.1, 0.15) is 52.4 Å². The highest BCUT2D eigenvalue weighted by atomic mass is 14.5. The van der Waals surface area contributed by atoms with Crippen LogP contribution in [-0.2, 0) is 0 Å². The summed E-state index contributed by atoms with van der Waals surface area (Å²) in [5.74, 6) is 0. The summed E-state index contributed by atoms with van der Waals surface area (Å²) in [7, 11) is 0. The zero-order valence-corrected chi connectivity index (χ0v) is 13.8. The van der Waals surface area contributed by atoms with Crippen LogP contribution in [-0.4, -0.2) is 0 Å². The number of nitrogens with two attached hydrogens (primary N) is 1. The van der Waals surface area contributed by atoms with Gasteiger partial charge in [-0.25, -0.2) is 0 Å². The number of rotatable bonds is 11. The lowest BCUT2D eigenvalue weighted by molar-refractivity contribution is 0.639. The fourth-order valence-corrected chi connectivity index (χ4v) is 2.11. The Labute approximate surface area is 131 Å². The molecule has 0 aromatic rings. The van der Waals surface area contributed by atoms with E-state index in [0.29, 0.717) is 0 Å². The molecular weight excluding hydrogens is 254 g/mol. The van der Waals surface area contributed by atoms with Crippen LogP contribution in [0.2, 0.25) is 0 Å². The van der Waals surface area contributed by atoms with Crippen LogP contribution in [0.25, 0.3) is 0 Å². The van der Waals surface area contributed by atoms with Crippen molar-refractivity contribution in [1.82, 2.24) is 0 Å². The van der Waals surface area contributed by atoms with Gasteiger partial charge in [-0.3, -0.25) is 0 Å². The summed E-state index contributed by atoms with van der Waals surface area (Å²) in [5.41, 5.74) is 9.87. The van der Waals surface area contributed by atoms with E-state index in [1.807, 2.05) is 19.9 Å². The van der Waals surface area contributed by atoms with Gasteiger partial charge in [0.25, 0.3) is 0 Å². The first kappa shape index (κ1) is 19.2. The molecule has 0 aromatic carbocycles. The van der Waals surface area contributed by atoms with E-state index in [1.165, 1.54) is 30.4 Å². The van der Waals surface area contributed by atoms with E-state index < -0.39 is 0 Å². The molecule has 0 heterocycles. The molecule has 0 radical (unpaired) electrons. The van der Waals surface area contributed by atoms with Crippen LogP contribution >= 0.6 is 0 Å². The van der Waals surface area contributed by atoms with E-state index in [0.717, 1.165) is 30.5 Å². The molecule has 0 fully saturated rings. The number of hydrogen-bond donors (Lipinski definition) is 1. The Morgan fingerprint density at radius 1 is 0.857 bits per heavy atom. The van der Waals surface area contributed by atoms with Crippen molar-refractivity contribution in [2.24, 2.45) is 5.73 Å². The quantitative estimate of drug-likeness (QED) is 0.366. The molecule has 0 saturated carbocycles. The monoisotopic (exact) mass is 285 g/mol. The SMILES string of the molecule is C=CC(=C\C)/C(/C=C\C(=C)CCCCCCC(=C)N)=C/C. The van der Waals surface area contributed by atoms with Crippen molar-refractivity contribution in [3.63, 3.8) is 0 Å². The van der Waals surface area contributed by atoms with Crippen molar-refractivity contribution in [2.45, 2.75) is 52.4 Å². The third-order valence-electron chi connectivity index (χ3n) is 3.42. The average molecular weight is 285 g/mol. The largest absolute Gasteiger partial charge is 0.403 e. The summed E-state index contributed by atoms with van der Waals surface area (Å²) in [6.45, 7) is 15.7. The lowest BCUT2D eigenvalue weighted by Gasteiger charge is -2.04. The molecule has 0 unspecified atom stereocenters. The lowest BCUT2D eigenvalue weighted by atomic mass is 10.0. The zero-order chi connectivity index (χ0) is 16.1.